The molecule has 0 radical (unpaired) electrons. The summed E-state index contributed by atoms with van der Waals surface area (Å²) in [5, 5.41) is 8.72. The Kier molecular flexibility index (Phi) is 4.34. The Labute approximate surface area is 137 Å². The number of carbonyl (C=O) groups is 1. The molecule has 2 aromatic heterocycles. The van der Waals surface area contributed by atoms with E-state index in [-0.39, 0.29) is 22.7 Å². The highest BCUT2D eigenvalue weighted by Gasteiger charge is 2.19. The van der Waals surface area contributed by atoms with Crippen LogP contribution in [0.2, 0.25) is 0 Å². The maximum Gasteiger partial charge on any atom is 0.265 e. The molecule has 124 valence electrons. The molecule has 0 aliphatic rings. The highest BCUT2D eigenvalue weighted by Crippen LogP contribution is 2.19. The van der Waals surface area contributed by atoms with Crippen molar-refractivity contribution in [2.45, 2.75) is 11.4 Å². The van der Waals surface area contributed by atoms with Gasteiger partial charge in [-0.25, -0.2) is 8.42 Å². The zero-order chi connectivity index (χ0) is 17.0. The number of nitrogens with zero attached hydrogens (tertiary/aromatic N) is 1. The van der Waals surface area contributed by atoms with Gasteiger partial charge in [0, 0.05) is 6.20 Å². The van der Waals surface area contributed by atoms with Crippen molar-refractivity contribution >= 4 is 21.6 Å². The number of benzene rings is 1. The van der Waals surface area contributed by atoms with Gasteiger partial charge in [0.05, 0.1) is 30.3 Å². The molecule has 0 fully saturated rings. The van der Waals surface area contributed by atoms with E-state index in [1.54, 1.807) is 24.3 Å². The molecular weight excluding hydrogens is 332 g/mol. The van der Waals surface area contributed by atoms with E-state index in [1.165, 1.54) is 30.8 Å². The lowest BCUT2D eigenvalue weighted by atomic mass is 10.1. The average Bonchev–Trinajstić information content (AvgIpc) is 3.26. The van der Waals surface area contributed by atoms with Gasteiger partial charge in [0.25, 0.3) is 15.9 Å². The van der Waals surface area contributed by atoms with Crippen molar-refractivity contribution in [1.82, 2.24) is 15.5 Å². The summed E-state index contributed by atoms with van der Waals surface area (Å²) in [5.74, 6) is 0.178. The number of para-hydroxylation sites is 1. The number of sulfonamides is 1. The number of rotatable bonds is 6. The van der Waals surface area contributed by atoms with Crippen LogP contribution in [0.4, 0.5) is 5.69 Å². The highest BCUT2D eigenvalue weighted by atomic mass is 32.2. The lowest BCUT2D eigenvalue weighted by molar-refractivity contribution is 0.0949. The van der Waals surface area contributed by atoms with E-state index in [4.69, 9.17) is 4.42 Å². The number of H-pyrrole nitrogens is 1. The smallest absolute Gasteiger partial charge is 0.265 e. The Morgan fingerprint density at radius 2 is 2.04 bits per heavy atom. The lowest BCUT2D eigenvalue weighted by Gasteiger charge is -2.11. The molecule has 0 unspecified atom stereocenters. The maximum absolute atomic E-state index is 12.3. The molecule has 0 atom stereocenters. The fourth-order valence-corrected chi connectivity index (χ4v) is 3.02. The molecule has 1 aromatic carbocycles. The summed E-state index contributed by atoms with van der Waals surface area (Å²) >= 11 is 0. The fraction of sp³-hybridized carbons (Fsp3) is 0.0667. The van der Waals surface area contributed by atoms with E-state index in [9.17, 15) is 13.2 Å². The fourth-order valence-electron chi connectivity index (χ4n) is 2.04. The average molecular weight is 346 g/mol. The number of anilines is 1. The van der Waals surface area contributed by atoms with E-state index in [0.717, 1.165) is 0 Å². The minimum Gasteiger partial charge on any atom is -0.467 e. The van der Waals surface area contributed by atoms with E-state index >= 15 is 0 Å². The Balaban J connectivity index is 1.79. The molecule has 0 saturated heterocycles. The summed E-state index contributed by atoms with van der Waals surface area (Å²) in [6.45, 7) is 0.203. The third kappa shape index (κ3) is 3.46. The van der Waals surface area contributed by atoms with Crippen LogP contribution in [-0.2, 0) is 16.6 Å². The van der Waals surface area contributed by atoms with Gasteiger partial charge in [-0.15, -0.1) is 0 Å². The molecule has 0 aliphatic heterocycles. The summed E-state index contributed by atoms with van der Waals surface area (Å²) < 4.78 is 32.1. The van der Waals surface area contributed by atoms with Crippen molar-refractivity contribution in [3.8, 4) is 0 Å². The lowest BCUT2D eigenvalue weighted by Crippen LogP contribution is -2.24. The Morgan fingerprint density at radius 3 is 2.75 bits per heavy atom. The van der Waals surface area contributed by atoms with Crippen molar-refractivity contribution in [3.05, 3.63) is 66.4 Å². The molecule has 0 bridgehead atoms. The van der Waals surface area contributed by atoms with Gasteiger partial charge in [-0.05, 0) is 24.3 Å². The second kappa shape index (κ2) is 6.59. The third-order valence-corrected chi connectivity index (χ3v) is 4.54. The van der Waals surface area contributed by atoms with Gasteiger partial charge in [-0.2, -0.15) is 5.10 Å². The van der Waals surface area contributed by atoms with Gasteiger partial charge in [-0.1, -0.05) is 12.1 Å². The Morgan fingerprint density at radius 1 is 1.21 bits per heavy atom. The molecule has 0 spiro atoms. The minimum atomic E-state index is -3.83. The molecule has 1 amide bonds. The predicted molar refractivity (Wildman–Crippen MR) is 85.7 cm³/mol. The largest absolute Gasteiger partial charge is 0.467 e. The monoisotopic (exact) mass is 346 g/mol. The van der Waals surface area contributed by atoms with Crippen LogP contribution in [0, 0.1) is 0 Å². The van der Waals surface area contributed by atoms with Crippen LogP contribution in [0.25, 0.3) is 0 Å². The number of aromatic amines is 1. The summed E-state index contributed by atoms with van der Waals surface area (Å²) in [6.07, 6.45) is 3.94. The van der Waals surface area contributed by atoms with Gasteiger partial charge in [0.15, 0.2) is 0 Å². The first-order valence-corrected chi connectivity index (χ1v) is 8.46. The van der Waals surface area contributed by atoms with Gasteiger partial charge in [0.1, 0.15) is 10.7 Å². The number of hydrogen-bond donors (Lipinski definition) is 3. The second-order valence-electron chi connectivity index (χ2n) is 4.85. The van der Waals surface area contributed by atoms with E-state index in [0.29, 0.717) is 5.76 Å². The Hall–Kier alpha value is -3.07. The van der Waals surface area contributed by atoms with Crippen LogP contribution in [-0.4, -0.2) is 24.5 Å². The van der Waals surface area contributed by atoms with Crippen molar-refractivity contribution in [1.29, 1.82) is 0 Å². The molecule has 3 aromatic rings. The Bertz CT molecular complexity index is 918. The molecule has 3 rings (SSSR count). The van der Waals surface area contributed by atoms with Crippen LogP contribution in [0.3, 0.4) is 0 Å². The van der Waals surface area contributed by atoms with Crippen LogP contribution in [0.5, 0.6) is 0 Å². The van der Waals surface area contributed by atoms with E-state index in [2.05, 4.69) is 20.2 Å². The topological polar surface area (TPSA) is 117 Å². The van der Waals surface area contributed by atoms with Crippen LogP contribution in [0.15, 0.2) is 64.4 Å². The summed E-state index contributed by atoms with van der Waals surface area (Å²) in [6, 6.07) is 9.78. The zero-order valence-corrected chi connectivity index (χ0v) is 13.2. The molecule has 9 heteroatoms. The number of amides is 1. The summed E-state index contributed by atoms with van der Waals surface area (Å²) in [7, 11) is -3.83. The van der Waals surface area contributed by atoms with Crippen molar-refractivity contribution in [2.24, 2.45) is 0 Å². The summed E-state index contributed by atoms with van der Waals surface area (Å²) in [5.41, 5.74) is 0.381. The summed E-state index contributed by atoms with van der Waals surface area (Å²) in [4.78, 5) is 12.3. The van der Waals surface area contributed by atoms with E-state index < -0.39 is 15.9 Å². The molecule has 0 saturated carbocycles. The van der Waals surface area contributed by atoms with Crippen molar-refractivity contribution < 1.29 is 17.6 Å². The molecule has 8 nitrogen and oxygen atoms in total. The molecule has 24 heavy (non-hydrogen) atoms. The maximum atomic E-state index is 12.3. The van der Waals surface area contributed by atoms with Gasteiger partial charge < -0.3 is 9.73 Å². The second-order valence-corrected chi connectivity index (χ2v) is 6.53. The number of nitrogens with one attached hydrogen (secondary N) is 3. The zero-order valence-electron chi connectivity index (χ0n) is 12.4. The standard InChI is InChI=1S/C15H14N4O4S/c20-15(16-8-11-4-3-7-23-11)13-5-1-2-6-14(13)19-24(21,22)12-9-17-18-10-12/h1-7,9-10,19H,8H2,(H,16,20)(H,17,18). The van der Waals surface area contributed by atoms with Crippen LogP contribution < -0.4 is 10.0 Å². The number of aromatic nitrogens is 2. The molecular formula is C15H14N4O4S. The van der Waals surface area contributed by atoms with Gasteiger partial charge >= 0.3 is 0 Å². The van der Waals surface area contributed by atoms with Crippen molar-refractivity contribution in [2.75, 3.05) is 4.72 Å². The van der Waals surface area contributed by atoms with E-state index in [1.807, 2.05) is 0 Å². The van der Waals surface area contributed by atoms with Gasteiger partial charge in [-0.3, -0.25) is 14.6 Å². The third-order valence-electron chi connectivity index (χ3n) is 3.20. The normalized spacial score (nSPS) is 11.2. The quantitative estimate of drug-likeness (QED) is 0.628. The first-order chi connectivity index (χ1) is 11.6. The molecule has 2 heterocycles. The molecule has 3 N–H and O–H groups in total. The number of carbonyl (C=O) groups excluding carboxylic acids is 1. The minimum absolute atomic E-state index is 0.0201. The first kappa shape index (κ1) is 15.8. The SMILES string of the molecule is O=C(NCc1ccco1)c1ccccc1NS(=O)(=O)c1cn[nH]c1. The number of furan rings is 1. The number of hydrogen-bond acceptors (Lipinski definition) is 5. The van der Waals surface area contributed by atoms with Crippen molar-refractivity contribution in [3.63, 3.8) is 0 Å². The van der Waals surface area contributed by atoms with Gasteiger partial charge in [0.2, 0.25) is 0 Å². The van der Waals surface area contributed by atoms with Crippen LogP contribution in [0.1, 0.15) is 16.1 Å². The molecule has 0 aliphatic carbocycles. The predicted octanol–water partition coefficient (Wildman–Crippen LogP) is 1.73. The van der Waals surface area contributed by atoms with Crippen LogP contribution >= 0.6 is 0 Å². The first-order valence-electron chi connectivity index (χ1n) is 6.97. The highest BCUT2D eigenvalue weighted by molar-refractivity contribution is 7.92.